The maximum absolute atomic E-state index is 11.3. The predicted octanol–water partition coefficient (Wildman–Crippen LogP) is 0.941. The van der Waals surface area contributed by atoms with Gasteiger partial charge in [0.05, 0.1) is 30.2 Å². The lowest BCUT2D eigenvalue weighted by Gasteiger charge is -2.22. The topological polar surface area (TPSA) is 97.9 Å². The summed E-state index contributed by atoms with van der Waals surface area (Å²) in [5, 5.41) is 0.293. The van der Waals surface area contributed by atoms with Crippen LogP contribution in [0.15, 0.2) is 12.4 Å². The first-order chi connectivity index (χ1) is 10.1. The predicted molar refractivity (Wildman–Crippen MR) is 78.0 cm³/mol. The number of aromatic nitrogens is 4. The third-order valence-electron chi connectivity index (χ3n) is 3.36. The molecule has 0 amide bonds. The van der Waals surface area contributed by atoms with Crippen molar-refractivity contribution in [2.45, 2.75) is 25.9 Å². The van der Waals surface area contributed by atoms with E-state index >= 15 is 0 Å². The van der Waals surface area contributed by atoms with Crippen molar-refractivity contribution in [1.82, 2.24) is 19.9 Å². The molecule has 0 aromatic carbocycles. The number of nitrogens with zero attached hydrogens (tertiary/aromatic N) is 5. The molecule has 3 heterocycles. The minimum Gasteiger partial charge on any atom is -0.368 e. The van der Waals surface area contributed by atoms with Gasteiger partial charge in [0, 0.05) is 18.2 Å². The first kappa shape index (κ1) is 13.7. The van der Waals surface area contributed by atoms with Crippen LogP contribution in [0, 0.1) is 6.92 Å². The number of halogens is 1. The summed E-state index contributed by atoms with van der Waals surface area (Å²) in [6.07, 6.45) is 4.71. The molecule has 108 valence electrons. The molecule has 1 aliphatic rings. The Balaban J connectivity index is 1.97. The lowest BCUT2D eigenvalue weighted by atomic mass is 10.2. The van der Waals surface area contributed by atoms with Crippen LogP contribution in [0.3, 0.4) is 0 Å². The molecule has 21 heavy (non-hydrogen) atoms. The molecule has 0 radical (unpaired) electrons. The average Bonchev–Trinajstić information content (AvgIpc) is 2.80. The van der Waals surface area contributed by atoms with E-state index in [9.17, 15) is 4.79 Å². The average molecular weight is 305 g/mol. The SMILES string of the molecule is Cc1cnc(CN2c3nc(N)nc(Cl)c3CC2C=O)cn1. The Labute approximate surface area is 126 Å². The number of carbonyl (C=O) groups excluding carboxylic acids is 1. The fourth-order valence-corrected chi connectivity index (χ4v) is 2.59. The summed E-state index contributed by atoms with van der Waals surface area (Å²) in [5.41, 5.74) is 7.96. The number of nitrogen functional groups attached to an aromatic ring is 1. The minimum absolute atomic E-state index is 0.0882. The number of hydrogen-bond donors (Lipinski definition) is 1. The van der Waals surface area contributed by atoms with Crippen LogP contribution < -0.4 is 10.6 Å². The van der Waals surface area contributed by atoms with Gasteiger partial charge < -0.3 is 15.4 Å². The largest absolute Gasteiger partial charge is 0.368 e. The summed E-state index contributed by atoms with van der Waals surface area (Å²) in [6, 6.07) is -0.350. The maximum Gasteiger partial charge on any atom is 0.223 e. The summed E-state index contributed by atoms with van der Waals surface area (Å²) < 4.78 is 0. The molecule has 1 atom stereocenters. The van der Waals surface area contributed by atoms with E-state index in [0.29, 0.717) is 23.9 Å². The Hall–Kier alpha value is -2.28. The minimum atomic E-state index is -0.350. The number of fused-ring (bicyclic) bond motifs is 1. The molecule has 0 saturated carbocycles. The van der Waals surface area contributed by atoms with Crippen LogP contribution in [0.4, 0.5) is 11.8 Å². The number of rotatable bonds is 3. The Bertz CT molecular complexity index is 690. The van der Waals surface area contributed by atoms with Crippen molar-refractivity contribution in [2.24, 2.45) is 0 Å². The zero-order chi connectivity index (χ0) is 15.0. The van der Waals surface area contributed by atoms with Gasteiger partial charge in [-0.2, -0.15) is 4.98 Å². The van der Waals surface area contributed by atoms with E-state index in [-0.39, 0.29) is 12.0 Å². The van der Waals surface area contributed by atoms with Gasteiger partial charge >= 0.3 is 0 Å². The molecule has 1 unspecified atom stereocenters. The Morgan fingerprint density at radius 2 is 2.24 bits per heavy atom. The molecule has 0 saturated heterocycles. The highest BCUT2D eigenvalue weighted by Gasteiger charge is 2.33. The van der Waals surface area contributed by atoms with Crippen LogP contribution in [0.5, 0.6) is 0 Å². The van der Waals surface area contributed by atoms with Crippen LogP contribution in [-0.4, -0.2) is 32.3 Å². The van der Waals surface area contributed by atoms with Gasteiger partial charge in [0.15, 0.2) is 0 Å². The normalized spacial score (nSPS) is 16.9. The molecular formula is C13H13ClN6O. The summed E-state index contributed by atoms with van der Waals surface area (Å²) >= 11 is 6.08. The standard InChI is InChI=1S/C13H13ClN6O/c1-7-3-17-8(4-16-7)5-20-9(6-21)2-10-11(14)18-13(15)19-12(10)20/h3-4,6,9H,2,5H2,1H3,(H2,15,18,19). The molecule has 0 fully saturated rings. The summed E-state index contributed by atoms with van der Waals surface area (Å²) in [5.74, 6) is 0.678. The Morgan fingerprint density at radius 1 is 1.43 bits per heavy atom. The number of aldehydes is 1. The van der Waals surface area contributed by atoms with E-state index in [1.54, 1.807) is 12.4 Å². The van der Waals surface area contributed by atoms with Crippen molar-refractivity contribution in [2.75, 3.05) is 10.6 Å². The second-order valence-corrected chi connectivity index (χ2v) is 5.22. The summed E-state index contributed by atoms with van der Waals surface area (Å²) in [4.78, 5) is 29.8. The second kappa shape index (κ2) is 5.25. The zero-order valence-electron chi connectivity index (χ0n) is 11.3. The first-order valence-corrected chi connectivity index (χ1v) is 6.77. The number of hydrogen-bond acceptors (Lipinski definition) is 7. The lowest BCUT2D eigenvalue weighted by Crippen LogP contribution is -2.33. The highest BCUT2D eigenvalue weighted by atomic mass is 35.5. The van der Waals surface area contributed by atoms with Crippen LogP contribution in [-0.2, 0) is 17.8 Å². The van der Waals surface area contributed by atoms with Crippen molar-refractivity contribution < 1.29 is 4.79 Å². The highest BCUT2D eigenvalue weighted by Crippen LogP contribution is 2.35. The third-order valence-corrected chi connectivity index (χ3v) is 3.67. The van der Waals surface area contributed by atoms with Crippen LogP contribution in [0.2, 0.25) is 5.15 Å². The smallest absolute Gasteiger partial charge is 0.223 e. The van der Waals surface area contributed by atoms with E-state index < -0.39 is 0 Å². The fraction of sp³-hybridized carbons (Fsp3) is 0.308. The van der Waals surface area contributed by atoms with E-state index in [1.807, 2.05) is 11.8 Å². The molecule has 3 rings (SSSR count). The molecule has 1 aliphatic heterocycles. The molecule has 2 aromatic rings. The molecule has 0 bridgehead atoms. The van der Waals surface area contributed by atoms with Crippen molar-refractivity contribution in [3.05, 3.63) is 34.5 Å². The Kier molecular flexibility index (Phi) is 3.42. The fourth-order valence-electron chi connectivity index (χ4n) is 2.34. The van der Waals surface area contributed by atoms with Gasteiger partial charge in [0.2, 0.25) is 5.95 Å². The van der Waals surface area contributed by atoms with Crippen molar-refractivity contribution in [3.8, 4) is 0 Å². The van der Waals surface area contributed by atoms with Gasteiger partial charge in [0.25, 0.3) is 0 Å². The van der Waals surface area contributed by atoms with E-state index in [4.69, 9.17) is 17.3 Å². The van der Waals surface area contributed by atoms with E-state index in [0.717, 1.165) is 23.2 Å². The van der Waals surface area contributed by atoms with Crippen LogP contribution >= 0.6 is 11.6 Å². The van der Waals surface area contributed by atoms with Gasteiger partial charge in [-0.05, 0) is 6.92 Å². The first-order valence-electron chi connectivity index (χ1n) is 6.40. The van der Waals surface area contributed by atoms with Crippen molar-refractivity contribution in [3.63, 3.8) is 0 Å². The number of aryl methyl sites for hydroxylation is 1. The molecular weight excluding hydrogens is 292 g/mol. The van der Waals surface area contributed by atoms with Gasteiger partial charge in [-0.3, -0.25) is 9.97 Å². The highest BCUT2D eigenvalue weighted by molar-refractivity contribution is 6.30. The monoisotopic (exact) mass is 304 g/mol. The molecule has 2 aromatic heterocycles. The third kappa shape index (κ3) is 2.52. The van der Waals surface area contributed by atoms with Gasteiger partial charge in [-0.25, -0.2) is 4.98 Å². The summed E-state index contributed by atoms with van der Waals surface area (Å²) in [7, 11) is 0. The van der Waals surface area contributed by atoms with Crippen molar-refractivity contribution in [1.29, 1.82) is 0 Å². The quantitative estimate of drug-likeness (QED) is 0.665. The molecule has 7 nitrogen and oxygen atoms in total. The number of anilines is 2. The van der Waals surface area contributed by atoms with Gasteiger partial charge in [-0.15, -0.1) is 0 Å². The zero-order valence-corrected chi connectivity index (χ0v) is 12.1. The second-order valence-electron chi connectivity index (χ2n) is 4.86. The molecule has 0 aliphatic carbocycles. The molecule has 8 heteroatoms. The van der Waals surface area contributed by atoms with Crippen molar-refractivity contribution >= 4 is 29.7 Å². The van der Waals surface area contributed by atoms with Crippen LogP contribution in [0.1, 0.15) is 17.0 Å². The van der Waals surface area contributed by atoms with E-state index in [2.05, 4.69) is 19.9 Å². The van der Waals surface area contributed by atoms with E-state index in [1.165, 1.54) is 0 Å². The Morgan fingerprint density at radius 3 is 2.90 bits per heavy atom. The van der Waals surface area contributed by atoms with Gasteiger partial charge in [0.1, 0.15) is 17.3 Å². The molecule has 2 N–H and O–H groups in total. The summed E-state index contributed by atoms with van der Waals surface area (Å²) in [6.45, 7) is 2.28. The lowest BCUT2D eigenvalue weighted by molar-refractivity contribution is -0.108. The number of carbonyl (C=O) groups is 1. The van der Waals surface area contributed by atoms with Gasteiger partial charge in [-0.1, -0.05) is 11.6 Å². The maximum atomic E-state index is 11.3. The number of nitrogens with two attached hydrogens (primary N) is 1. The van der Waals surface area contributed by atoms with Crippen LogP contribution in [0.25, 0.3) is 0 Å². The molecule has 0 spiro atoms.